The first-order valence-electron chi connectivity index (χ1n) is 8.43. The Bertz CT molecular complexity index is 483. The minimum atomic E-state index is 0. The Balaban J connectivity index is 0.00000192. The molecule has 1 aliphatic carbocycles. The molecule has 1 amide bonds. The summed E-state index contributed by atoms with van der Waals surface area (Å²) in [6, 6.07) is 10.3. The van der Waals surface area contributed by atoms with E-state index in [2.05, 4.69) is 5.32 Å². The topological polar surface area (TPSA) is 41.6 Å². The first-order chi connectivity index (χ1) is 10.7. The normalized spacial score (nSPS) is 26.0. The highest BCUT2D eigenvalue weighted by molar-refractivity contribution is 5.85. The van der Waals surface area contributed by atoms with Crippen LogP contribution in [0.15, 0.2) is 30.3 Å². The van der Waals surface area contributed by atoms with Gasteiger partial charge in [-0.1, -0.05) is 31.0 Å². The minimum Gasteiger partial charge on any atom is -0.492 e. The average molecular weight is 339 g/mol. The van der Waals surface area contributed by atoms with Crippen molar-refractivity contribution in [3.63, 3.8) is 0 Å². The molecule has 5 heteroatoms. The van der Waals surface area contributed by atoms with E-state index in [4.69, 9.17) is 4.74 Å². The van der Waals surface area contributed by atoms with Crippen LogP contribution in [0.4, 0.5) is 0 Å². The second-order valence-electron chi connectivity index (χ2n) is 6.53. The first-order valence-corrected chi connectivity index (χ1v) is 8.43. The van der Waals surface area contributed by atoms with Crippen molar-refractivity contribution in [2.45, 2.75) is 44.2 Å². The molecule has 0 spiro atoms. The molecule has 1 N–H and O–H groups in total. The number of fused-ring (bicyclic) bond motifs is 1. The van der Waals surface area contributed by atoms with Gasteiger partial charge in [-0.3, -0.25) is 4.79 Å². The second kappa shape index (κ2) is 8.55. The molecule has 4 nitrogen and oxygen atoms in total. The van der Waals surface area contributed by atoms with Gasteiger partial charge in [0.15, 0.2) is 0 Å². The molecule has 128 valence electrons. The van der Waals surface area contributed by atoms with Crippen LogP contribution >= 0.6 is 12.4 Å². The summed E-state index contributed by atoms with van der Waals surface area (Å²) in [5.74, 6) is 1.77. The summed E-state index contributed by atoms with van der Waals surface area (Å²) in [5, 5.41) is 3.55. The maximum atomic E-state index is 12.5. The second-order valence-corrected chi connectivity index (χ2v) is 6.53. The van der Waals surface area contributed by atoms with Crippen LogP contribution < -0.4 is 10.1 Å². The number of hydrogen-bond donors (Lipinski definition) is 1. The third-order valence-electron chi connectivity index (χ3n) is 4.98. The van der Waals surface area contributed by atoms with Crippen molar-refractivity contribution in [1.29, 1.82) is 0 Å². The predicted octanol–water partition coefficient (Wildman–Crippen LogP) is 2.87. The molecule has 2 aliphatic rings. The van der Waals surface area contributed by atoms with E-state index in [-0.39, 0.29) is 24.4 Å². The Morgan fingerprint density at radius 2 is 2.00 bits per heavy atom. The van der Waals surface area contributed by atoms with E-state index in [1.807, 2.05) is 37.4 Å². The molecule has 0 aromatic heterocycles. The van der Waals surface area contributed by atoms with Crippen LogP contribution in [0.25, 0.3) is 0 Å². The summed E-state index contributed by atoms with van der Waals surface area (Å²) in [7, 11) is 1.88. The van der Waals surface area contributed by atoms with Gasteiger partial charge in [-0.2, -0.15) is 0 Å². The quantitative estimate of drug-likeness (QED) is 0.897. The van der Waals surface area contributed by atoms with Gasteiger partial charge < -0.3 is 15.0 Å². The molecule has 1 aromatic carbocycles. The van der Waals surface area contributed by atoms with E-state index in [9.17, 15) is 4.79 Å². The lowest BCUT2D eigenvalue weighted by Gasteiger charge is -2.24. The molecule has 0 radical (unpaired) electrons. The number of nitrogens with one attached hydrogen (secondary N) is 1. The van der Waals surface area contributed by atoms with E-state index in [0.717, 1.165) is 12.2 Å². The van der Waals surface area contributed by atoms with Gasteiger partial charge >= 0.3 is 0 Å². The summed E-state index contributed by atoms with van der Waals surface area (Å²) in [6.45, 7) is 1.16. The lowest BCUT2D eigenvalue weighted by atomic mass is 9.85. The number of rotatable bonds is 5. The fourth-order valence-corrected chi connectivity index (χ4v) is 3.70. The van der Waals surface area contributed by atoms with E-state index in [0.29, 0.717) is 25.1 Å². The molecule has 1 saturated carbocycles. The molecule has 2 fully saturated rings. The number of benzene rings is 1. The third-order valence-corrected chi connectivity index (χ3v) is 4.98. The van der Waals surface area contributed by atoms with Crippen molar-refractivity contribution in [3.05, 3.63) is 30.3 Å². The number of para-hydroxylation sites is 1. The van der Waals surface area contributed by atoms with Gasteiger partial charge in [0.05, 0.1) is 12.6 Å². The zero-order valence-electron chi connectivity index (χ0n) is 13.7. The molecule has 1 aromatic rings. The molecule has 0 bridgehead atoms. The minimum absolute atomic E-state index is 0. The number of carbonyl (C=O) groups is 1. The largest absolute Gasteiger partial charge is 0.492 e. The van der Waals surface area contributed by atoms with Crippen LogP contribution in [0, 0.1) is 5.92 Å². The van der Waals surface area contributed by atoms with Crippen molar-refractivity contribution in [3.8, 4) is 5.75 Å². The SMILES string of the molecule is CN(CCOc1ccccc1)C(=O)C1CC2CCCCC2N1.Cl. The Morgan fingerprint density at radius 3 is 2.74 bits per heavy atom. The highest BCUT2D eigenvalue weighted by Gasteiger charge is 2.38. The van der Waals surface area contributed by atoms with Crippen molar-refractivity contribution in [2.24, 2.45) is 5.92 Å². The molecular formula is C18H27ClN2O2. The monoisotopic (exact) mass is 338 g/mol. The molecule has 1 aliphatic heterocycles. The van der Waals surface area contributed by atoms with E-state index >= 15 is 0 Å². The summed E-state index contributed by atoms with van der Waals surface area (Å²) in [6.07, 6.45) is 6.14. The maximum absolute atomic E-state index is 12.5. The molecule has 3 rings (SSSR count). The van der Waals surface area contributed by atoms with E-state index in [1.54, 1.807) is 4.90 Å². The molecule has 1 heterocycles. The number of likely N-dealkylation sites (N-methyl/N-ethyl adjacent to an activating group) is 1. The number of carbonyl (C=O) groups excluding carboxylic acids is 1. The highest BCUT2D eigenvalue weighted by Crippen LogP contribution is 2.33. The van der Waals surface area contributed by atoms with Crippen molar-refractivity contribution in [2.75, 3.05) is 20.2 Å². The van der Waals surface area contributed by atoms with E-state index < -0.39 is 0 Å². The van der Waals surface area contributed by atoms with Crippen molar-refractivity contribution in [1.82, 2.24) is 10.2 Å². The van der Waals surface area contributed by atoms with Gasteiger partial charge in [-0.05, 0) is 37.3 Å². The lowest BCUT2D eigenvalue weighted by Crippen LogP contribution is -2.45. The van der Waals surface area contributed by atoms with E-state index in [1.165, 1.54) is 25.7 Å². The third kappa shape index (κ3) is 4.61. The van der Waals surface area contributed by atoms with Gasteiger partial charge in [-0.15, -0.1) is 12.4 Å². The number of hydrogen-bond acceptors (Lipinski definition) is 3. The number of nitrogens with zero attached hydrogens (tertiary/aromatic N) is 1. The van der Waals surface area contributed by atoms with Crippen molar-refractivity contribution < 1.29 is 9.53 Å². The number of halogens is 1. The zero-order chi connectivity index (χ0) is 15.4. The molecule has 23 heavy (non-hydrogen) atoms. The summed E-state index contributed by atoms with van der Waals surface area (Å²) >= 11 is 0. The molecule has 3 unspecified atom stereocenters. The summed E-state index contributed by atoms with van der Waals surface area (Å²) in [4.78, 5) is 14.3. The fourth-order valence-electron chi connectivity index (χ4n) is 3.70. The fraction of sp³-hybridized carbons (Fsp3) is 0.611. The highest BCUT2D eigenvalue weighted by atomic mass is 35.5. The van der Waals surface area contributed by atoms with Crippen LogP contribution in [0.2, 0.25) is 0 Å². The lowest BCUT2D eigenvalue weighted by molar-refractivity contribution is -0.132. The van der Waals surface area contributed by atoms with Gasteiger partial charge in [-0.25, -0.2) is 0 Å². The molecular weight excluding hydrogens is 312 g/mol. The Hall–Kier alpha value is -1.26. The van der Waals surface area contributed by atoms with Crippen LogP contribution in [0.1, 0.15) is 32.1 Å². The smallest absolute Gasteiger partial charge is 0.239 e. The Morgan fingerprint density at radius 1 is 1.26 bits per heavy atom. The summed E-state index contributed by atoms with van der Waals surface area (Å²) < 4.78 is 5.67. The number of amides is 1. The average Bonchev–Trinajstić information content (AvgIpc) is 2.99. The van der Waals surface area contributed by atoms with Gasteiger partial charge in [0.2, 0.25) is 5.91 Å². The maximum Gasteiger partial charge on any atom is 0.239 e. The standard InChI is InChI=1S/C18H26N2O2.ClH/c1-20(11-12-22-15-8-3-2-4-9-15)18(21)17-13-14-7-5-6-10-16(14)19-17;/h2-4,8-9,14,16-17,19H,5-7,10-13H2,1H3;1H. The van der Waals surface area contributed by atoms with Crippen LogP contribution in [0.5, 0.6) is 5.75 Å². The Kier molecular flexibility index (Phi) is 6.72. The van der Waals surface area contributed by atoms with Crippen LogP contribution in [-0.2, 0) is 4.79 Å². The van der Waals surface area contributed by atoms with Crippen LogP contribution in [0.3, 0.4) is 0 Å². The molecule has 1 saturated heterocycles. The molecule has 3 atom stereocenters. The number of ether oxygens (including phenoxy) is 1. The van der Waals surface area contributed by atoms with Gasteiger partial charge in [0.1, 0.15) is 12.4 Å². The van der Waals surface area contributed by atoms with Crippen LogP contribution in [-0.4, -0.2) is 43.1 Å². The van der Waals surface area contributed by atoms with Gasteiger partial charge in [0.25, 0.3) is 0 Å². The van der Waals surface area contributed by atoms with Gasteiger partial charge in [0, 0.05) is 13.1 Å². The first kappa shape index (κ1) is 18.1. The zero-order valence-corrected chi connectivity index (χ0v) is 14.6. The Labute approximate surface area is 145 Å². The van der Waals surface area contributed by atoms with Crippen molar-refractivity contribution >= 4 is 18.3 Å². The predicted molar refractivity (Wildman–Crippen MR) is 94.1 cm³/mol. The summed E-state index contributed by atoms with van der Waals surface area (Å²) in [5.41, 5.74) is 0.